The number of nitrogens with zero attached hydrogens (tertiary/aromatic N) is 2. The third kappa shape index (κ3) is 4.40. The second-order valence-electron chi connectivity index (χ2n) is 5.12. The second kappa shape index (κ2) is 8.07. The van der Waals surface area contributed by atoms with Gasteiger partial charge in [-0.15, -0.1) is 0 Å². The zero-order valence-electron chi connectivity index (χ0n) is 12.7. The van der Waals surface area contributed by atoms with E-state index in [0.717, 1.165) is 18.7 Å². The first kappa shape index (κ1) is 16.7. The molecule has 0 spiro atoms. The summed E-state index contributed by atoms with van der Waals surface area (Å²) >= 11 is 0. The zero-order valence-corrected chi connectivity index (χ0v) is 12.7. The molecule has 0 radical (unpaired) electrons. The van der Waals surface area contributed by atoms with Crippen LogP contribution in [0.4, 0.5) is 9.18 Å². The molecular formula is C15H22FN3O3. The molecule has 22 heavy (non-hydrogen) atoms. The summed E-state index contributed by atoms with van der Waals surface area (Å²) in [4.78, 5) is 13.9. The van der Waals surface area contributed by atoms with Gasteiger partial charge in [0.2, 0.25) is 0 Å². The number of hydrogen-bond acceptors (Lipinski definition) is 4. The molecule has 7 heteroatoms. The Balaban J connectivity index is 2.07. The van der Waals surface area contributed by atoms with Gasteiger partial charge in [-0.05, 0) is 24.6 Å². The van der Waals surface area contributed by atoms with Gasteiger partial charge in [-0.3, -0.25) is 10.1 Å². The van der Waals surface area contributed by atoms with Crippen LogP contribution in [-0.2, 0) is 4.74 Å². The van der Waals surface area contributed by atoms with Crippen LogP contribution < -0.4 is 5.32 Å². The minimum atomic E-state index is -0.539. The summed E-state index contributed by atoms with van der Waals surface area (Å²) in [6.07, 6.45) is 0. The SMILES string of the molecule is CCN(O)C(=O)NCC(c1ccc(F)cc1)N1CCOCC1. The molecule has 1 aromatic carbocycles. The van der Waals surface area contributed by atoms with Crippen LogP contribution in [0.25, 0.3) is 0 Å². The van der Waals surface area contributed by atoms with Crippen LogP contribution in [0.15, 0.2) is 24.3 Å². The van der Waals surface area contributed by atoms with E-state index in [2.05, 4.69) is 10.2 Å². The number of nitrogens with one attached hydrogen (secondary N) is 1. The van der Waals surface area contributed by atoms with Gasteiger partial charge in [0, 0.05) is 26.2 Å². The van der Waals surface area contributed by atoms with Crippen LogP contribution in [0.3, 0.4) is 0 Å². The van der Waals surface area contributed by atoms with E-state index < -0.39 is 6.03 Å². The third-order valence-electron chi connectivity index (χ3n) is 3.72. The molecular weight excluding hydrogens is 289 g/mol. The molecule has 1 fully saturated rings. The number of carbonyl (C=O) groups excluding carboxylic acids is 1. The van der Waals surface area contributed by atoms with E-state index in [1.54, 1.807) is 19.1 Å². The lowest BCUT2D eigenvalue weighted by Gasteiger charge is -2.35. The van der Waals surface area contributed by atoms with Crippen LogP contribution in [0, 0.1) is 5.82 Å². The number of amides is 2. The Labute approximate surface area is 129 Å². The van der Waals surface area contributed by atoms with Gasteiger partial charge in [0.25, 0.3) is 0 Å². The highest BCUT2D eigenvalue weighted by atomic mass is 19.1. The minimum absolute atomic E-state index is 0.0845. The van der Waals surface area contributed by atoms with E-state index in [-0.39, 0.29) is 18.4 Å². The Bertz CT molecular complexity index is 477. The number of rotatable bonds is 5. The average molecular weight is 311 g/mol. The highest BCUT2D eigenvalue weighted by Crippen LogP contribution is 2.21. The molecule has 0 saturated carbocycles. The van der Waals surface area contributed by atoms with Crippen LogP contribution in [0.2, 0.25) is 0 Å². The van der Waals surface area contributed by atoms with E-state index >= 15 is 0 Å². The van der Waals surface area contributed by atoms with Crippen molar-refractivity contribution in [3.8, 4) is 0 Å². The fourth-order valence-corrected chi connectivity index (χ4v) is 2.45. The quantitative estimate of drug-likeness (QED) is 0.641. The number of halogens is 1. The van der Waals surface area contributed by atoms with Gasteiger partial charge in [-0.2, -0.15) is 0 Å². The van der Waals surface area contributed by atoms with Gasteiger partial charge in [0.1, 0.15) is 5.82 Å². The Hall–Kier alpha value is -1.70. The molecule has 2 rings (SSSR count). The van der Waals surface area contributed by atoms with Crippen molar-refractivity contribution in [3.63, 3.8) is 0 Å². The van der Waals surface area contributed by atoms with Crippen molar-refractivity contribution in [1.29, 1.82) is 0 Å². The molecule has 0 aromatic heterocycles. The Morgan fingerprint density at radius 2 is 2.05 bits per heavy atom. The van der Waals surface area contributed by atoms with Gasteiger partial charge < -0.3 is 10.1 Å². The fourth-order valence-electron chi connectivity index (χ4n) is 2.45. The normalized spacial score (nSPS) is 17.0. The molecule has 1 aliphatic heterocycles. The van der Waals surface area contributed by atoms with Gasteiger partial charge in [0.15, 0.2) is 0 Å². The van der Waals surface area contributed by atoms with Crippen molar-refractivity contribution in [2.45, 2.75) is 13.0 Å². The molecule has 122 valence electrons. The number of morpholine rings is 1. The van der Waals surface area contributed by atoms with Crippen molar-refractivity contribution in [1.82, 2.24) is 15.3 Å². The van der Waals surface area contributed by atoms with E-state index in [1.165, 1.54) is 12.1 Å². The number of benzene rings is 1. The predicted octanol–water partition coefficient (Wildman–Crippen LogP) is 1.62. The molecule has 0 aliphatic carbocycles. The predicted molar refractivity (Wildman–Crippen MR) is 79.1 cm³/mol. The smallest absolute Gasteiger partial charge is 0.341 e. The van der Waals surface area contributed by atoms with E-state index in [9.17, 15) is 14.4 Å². The summed E-state index contributed by atoms with van der Waals surface area (Å²) in [7, 11) is 0. The lowest BCUT2D eigenvalue weighted by Crippen LogP contribution is -2.46. The lowest BCUT2D eigenvalue weighted by molar-refractivity contribution is -0.0396. The van der Waals surface area contributed by atoms with Crippen molar-refractivity contribution in [2.24, 2.45) is 0 Å². The maximum absolute atomic E-state index is 13.1. The molecule has 2 N–H and O–H groups in total. The zero-order chi connectivity index (χ0) is 15.9. The van der Waals surface area contributed by atoms with Gasteiger partial charge in [0.05, 0.1) is 19.3 Å². The number of ether oxygens (including phenoxy) is 1. The van der Waals surface area contributed by atoms with Crippen molar-refractivity contribution in [2.75, 3.05) is 39.4 Å². The van der Waals surface area contributed by atoms with Crippen LogP contribution in [0.5, 0.6) is 0 Å². The Kier molecular flexibility index (Phi) is 6.11. The molecule has 1 saturated heterocycles. The molecule has 1 atom stereocenters. The summed E-state index contributed by atoms with van der Waals surface area (Å²) in [6.45, 7) is 4.98. The second-order valence-corrected chi connectivity index (χ2v) is 5.12. The lowest BCUT2D eigenvalue weighted by atomic mass is 10.0. The first-order valence-corrected chi connectivity index (χ1v) is 7.43. The van der Waals surface area contributed by atoms with Crippen molar-refractivity contribution < 1.29 is 19.1 Å². The molecule has 1 aromatic rings. The summed E-state index contributed by atoms with van der Waals surface area (Å²) in [5, 5.41) is 12.7. The summed E-state index contributed by atoms with van der Waals surface area (Å²) in [6, 6.07) is 5.64. The number of urea groups is 1. The first-order chi connectivity index (χ1) is 10.6. The maximum Gasteiger partial charge on any atom is 0.341 e. The van der Waals surface area contributed by atoms with Crippen molar-refractivity contribution >= 4 is 6.03 Å². The first-order valence-electron chi connectivity index (χ1n) is 7.43. The topological polar surface area (TPSA) is 65.0 Å². The van der Waals surface area contributed by atoms with E-state index in [1.807, 2.05) is 0 Å². The Morgan fingerprint density at radius 1 is 1.41 bits per heavy atom. The van der Waals surface area contributed by atoms with Gasteiger partial charge >= 0.3 is 6.03 Å². The molecule has 2 amide bonds. The third-order valence-corrected chi connectivity index (χ3v) is 3.72. The van der Waals surface area contributed by atoms with Crippen LogP contribution in [-0.4, -0.2) is 60.6 Å². The van der Waals surface area contributed by atoms with Crippen LogP contribution in [0.1, 0.15) is 18.5 Å². The van der Waals surface area contributed by atoms with Gasteiger partial charge in [-0.25, -0.2) is 14.2 Å². The average Bonchev–Trinajstić information content (AvgIpc) is 2.56. The molecule has 6 nitrogen and oxygen atoms in total. The minimum Gasteiger partial charge on any atom is -0.379 e. The summed E-state index contributed by atoms with van der Waals surface area (Å²) in [5.74, 6) is -0.291. The monoisotopic (exact) mass is 311 g/mol. The largest absolute Gasteiger partial charge is 0.379 e. The number of hydrogen-bond donors (Lipinski definition) is 2. The van der Waals surface area contributed by atoms with Crippen molar-refractivity contribution in [3.05, 3.63) is 35.6 Å². The summed E-state index contributed by atoms with van der Waals surface area (Å²) < 4.78 is 18.5. The summed E-state index contributed by atoms with van der Waals surface area (Å²) in [5.41, 5.74) is 0.921. The van der Waals surface area contributed by atoms with Gasteiger partial charge in [-0.1, -0.05) is 12.1 Å². The number of carbonyl (C=O) groups is 1. The highest BCUT2D eigenvalue weighted by Gasteiger charge is 2.23. The fraction of sp³-hybridized carbons (Fsp3) is 0.533. The maximum atomic E-state index is 13.1. The highest BCUT2D eigenvalue weighted by molar-refractivity contribution is 5.72. The van der Waals surface area contributed by atoms with E-state index in [4.69, 9.17) is 4.74 Å². The molecule has 1 heterocycles. The molecule has 1 unspecified atom stereocenters. The number of hydroxylamine groups is 2. The van der Waals surface area contributed by atoms with Crippen LogP contribution >= 0.6 is 0 Å². The van der Waals surface area contributed by atoms with E-state index in [0.29, 0.717) is 24.8 Å². The standard InChI is InChI=1S/C15H22FN3O3/c1-2-19(21)15(20)17-11-14(18-7-9-22-10-8-18)12-3-5-13(16)6-4-12/h3-6,14,21H,2,7-11H2,1H3,(H,17,20). The molecule has 1 aliphatic rings. The molecule has 0 bridgehead atoms. The Morgan fingerprint density at radius 3 is 2.64 bits per heavy atom.